The van der Waals surface area contributed by atoms with Gasteiger partial charge in [-0.1, -0.05) is 30.3 Å². The molecule has 0 aliphatic carbocycles. The van der Waals surface area contributed by atoms with Crippen molar-refractivity contribution in [3.63, 3.8) is 0 Å². The lowest BCUT2D eigenvalue weighted by atomic mass is 10.1. The predicted molar refractivity (Wildman–Crippen MR) is 87.8 cm³/mol. The number of hydrogen-bond donors (Lipinski definition) is 1. The molecule has 1 aromatic carbocycles. The van der Waals surface area contributed by atoms with Crippen LogP contribution in [0.4, 0.5) is 0 Å². The van der Waals surface area contributed by atoms with Crippen LogP contribution in [0.25, 0.3) is 0 Å². The van der Waals surface area contributed by atoms with E-state index in [2.05, 4.69) is 17.0 Å². The number of ether oxygens (including phenoxy) is 1. The third kappa shape index (κ3) is 5.04. The van der Waals surface area contributed by atoms with E-state index in [4.69, 9.17) is 10.5 Å². The maximum absolute atomic E-state index is 12.2. The minimum absolute atomic E-state index is 0.0710. The molecule has 2 N–H and O–H groups in total. The summed E-state index contributed by atoms with van der Waals surface area (Å²) in [6, 6.07) is 9.68. The Kier molecular flexibility index (Phi) is 6.55. The summed E-state index contributed by atoms with van der Waals surface area (Å²) in [6.45, 7) is 3.01. The second kappa shape index (κ2) is 8.64. The fraction of sp³-hybridized carbons (Fsp3) is 0.529. The number of amides is 2. The molecule has 0 aromatic heterocycles. The van der Waals surface area contributed by atoms with E-state index in [0.29, 0.717) is 19.7 Å². The normalized spacial score (nSPS) is 18.8. The smallest absolute Gasteiger partial charge is 0.241 e. The highest BCUT2D eigenvalue weighted by molar-refractivity contribution is 5.87. The molecule has 0 saturated carbocycles. The average molecular weight is 319 g/mol. The first kappa shape index (κ1) is 17.4. The average Bonchev–Trinajstić information content (AvgIpc) is 2.58. The van der Waals surface area contributed by atoms with Crippen molar-refractivity contribution < 1.29 is 14.3 Å². The van der Waals surface area contributed by atoms with Crippen LogP contribution in [0.15, 0.2) is 30.3 Å². The SMILES string of the molecule is COCCC(=O)N1CCN(CCc2ccccc2)C[C@H]1C(N)=O. The molecule has 1 saturated heterocycles. The highest BCUT2D eigenvalue weighted by atomic mass is 16.5. The van der Waals surface area contributed by atoms with Gasteiger partial charge in [-0.05, 0) is 12.0 Å². The Labute approximate surface area is 137 Å². The summed E-state index contributed by atoms with van der Waals surface area (Å²) < 4.78 is 4.93. The molecule has 0 spiro atoms. The van der Waals surface area contributed by atoms with Crippen LogP contribution >= 0.6 is 0 Å². The van der Waals surface area contributed by atoms with Crippen LogP contribution in [0.2, 0.25) is 0 Å². The lowest BCUT2D eigenvalue weighted by Crippen LogP contribution is -2.60. The van der Waals surface area contributed by atoms with E-state index in [1.165, 1.54) is 5.56 Å². The minimum atomic E-state index is -0.552. The second-order valence-corrected chi connectivity index (χ2v) is 5.78. The van der Waals surface area contributed by atoms with Crippen LogP contribution < -0.4 is 5.73 Å². The van der Waals surface area contributed by atoms with Gasteiger partial charge in [0.2, 0.25) is 11.8 Å². The van der Waals surface area contributed by atoms with Crippen molar-refractivity contribution in [3.8, 4) is 0 Å². The van der Waals surface area contributed by atoms with Gasteiger partial charge in [-0.2, -0.15) is 0 Å². The quantitative estimate of drug-likeness (QED) is 0.782. The van der Waals surface area contributed by atoms with Gasteiger partial charge in [0.15, 0.2) is 0 Å². The van der Waals surface area contributed by atoms with Gasteiger partial charge < -0.3 is 15.4 Å². The molecule has 0 unspecified atom stereocenters. The monoisotopic (exact) mass is 319 g/mol. The molecule has 6 heteroatoms. The molecular weight excluding hydrogens is 294 g/mol. The van der Waals surface area contributed by atoms with E-state index < -0.39 is 11.9 Å². The summed E-state index contributed by atoms with van der Waals surface area (Å²) in [6.07, 6.45) is 1.20. The maximum Gasteiger partial charge on any atom is 0.241 e. The summed E-state index contributed by atoms with van der Waals surface area (Å²) in [7, 11) is 1.56. The Balaban J connectivity index is 1.90. The molecular formula is C17H25N3O3. The lowest BCUT2D eigenvalue weighted by molar-refractivity contribution is -0.143. The van der Waals surface area contributed by atoms with Gasteiger partial charge >= 0.3 is 0 Å². The van der Waals surface area contributed by atoms with Gasteiger partial charge in [0.05, 0.1) is 13.0 Å². The number of hydrogen-bond acceptors (Lipinski definition) is 4. The number of nitrogens with two attached hydrogens (primary N) is 1. The lowest BCUT2D eigenvalue weighted by Gasteiger charge is -2.40. The van der Waals surface area contributed by atoms with Crippen LogP contribution in [0.1, 0.15) is 12.0 Å². The van der Waals surface area contributed by atoms with Crippen molar-refractivity contribution in [2.75, 3.05) is 39.9 Å². The fourth-order valence-corrected chi connectivity index (χ4v) is 2.85. The van der Waals surface area contributed by atoms with Crippen molar-refractivity contribution in [1.82, 2.24) is 9.80 Å². The predicted octanol–water partition coefficient (Wildman–Crippen LogP) is 0.264. The van der Waals surface area contributed by atoms with E-state index in [1.54, 1.807) is 12.0 Å². The van der Waals surface area contributed by atoms with Crippen LogP contribution in [-0.4, -0.2) is 67.6 Å². The summed E-state index contributed by atoms with van der Waals surface area (Å²) in [5.41, 5.74) is 6.77. The molecule has 1 aliphatic rings. The van der Waals surface area contributed by atoms with Crippen molar-refractivity contribution in [2.45, 2.75) is 18.9 Å². The number of benzene rings is 1. The zero-order chi connectivity index (χ0) is 16.7. The van der Waals surface area contributed by atoms with Crippen LogP contribution in [0.3, 0.4) is 0 Å². The van der Waals surface area contributed by atoms with Crippen molar-refractivity contribution >= 4 is 11.8 Å². The molecule has 1 aromatic rings. The molecule has 6 nitrogen and oxygen atoms in total. The molecule has 0 radical (unpaired) electrons. The van der Waals surface area contributed by atoms with E-state index in [-0.39, 0.29) is 12.3 Å². The molecule has 126 valence electrons. The molecule has 23 heavy (non-hydrogen) atoms. The first-order chi connectivity index (χ1) is 11.1. The van der Waals surface area contributed by atoms with Crippen LogP contribution in [0, 0.1) is 0 Å². The molecule has 1 aliphatic heterocycles. The first-order valence-electron chi connectivity index (χ1n) is 7.96. The van der Waals surface area contributed by atoms with Crippen molar-refractivity contribution in [3.05, 3.63) is 35.9 Å². The third-order valence-electron chi connectivity index (χ3n) is 4.19. The Morgan fingerprint density at radius 3 is 2.65 bits per heavy atom. The molecule has 1 fully saturated rings. The zero-order valence-electron chi connectivity index (χ0n) is 13.6. The van der Waals surface area contributed by atoms with Gasteiger partial charge in [0, 0.05) is 33.3 Å². The second-order valence-electron chi connectivity index (χ2n) is 5.78. The summed E-state index contributed by atoms with van der Waals surface area (Å²) in [5.74, 6) is -0.515. The molecule has 1 atom stereocenters. The maximum atomic E-state index is 12.2. The molecule has 2 amide bonds. The Hall–Kier alpha value is -1.92. The van der Waals surface area contributed by atoms with E-state index >= 15 is 0 Å². The van der Waals surface area contributed by atoms with Gasteiger partial charge in [0.1, 0.15) is 6.04 Å². The highest BCUT2D eigenvalue weighted by Crippen LogP contribution is 2.12. The van der Waals surface area contributed by atoms with Gasteiger partial charge in [-0.3, -0.25) is 14.5 Å². The fourth-order valence-electron chi connectivity index (χ4n) is 2.85. The Morgan fingerprint density at radius 2 is 2.00 bits per heavy atom. The summed E-state index contributed by atoms with van der Waals surface area (Å²) in [5, 5.41) is 0. The Morgan fingerprint density at radius 1 is 1.26 bits per heavy atom. The number of methoxy groups -OCH3 is 1. The topological polar surface area (TPSA) is 75.9 Å². The number of carbonyl (C=O) groups is 2. The number of piperazine rings is 1. The number of nitrogens with zero attached hydrogens (tertiary/aromatic N) is 2. The van der Waals surface area contributed by atoms with Crippen LogP contribution in [0.5, 0.6) is 0 Å². The zero-order valence-corrected chi connectivity index (χ0v) is 13.6. The standard InChI is InChI=1S/C17H25N3O3/c1-23-12-8-16(21)20-11-10-19(13-15(20)17(18)22)9-7-14-5-3-2-4-6-14/h2-6,15H,7-13H2,1H3,(H2,18,22)/t15-/m0/s1. The van der Waals surface area contributed by atoms with Crippen molar-refractivity contribution in [2.24, 2.45) is 5.73 Å². The van der Waals surface area contributed by atoms with Gasteiger partial charge in [-0.15, -0.1) is 0 Å². The third-order valence-corrected chi connectivity index (χ3v) is 4.19. The number of rotatable bonds is 7. The van der Waals surface area contributed by atoms with Crippen molar-refractivity contribution in [1.29, 1.82) is 0 Å². The van der Waals surface area contributed by atoms with E-state index in [9.17, 15) is 9.59 Å². The highest BCUT2D eigenvalue weighted by Gasteiger charge is 2.33. The molecule has 1 heterocycles. The van der Waals surface area contributed by atoms with Gasteiger partial charge in [0.25, 0.3) is 0 Å². The summed E-state index contributed by atoms with van der Waals surface area (Å²) >= 11 is 0. The first-order valence-corrected chi connectivity index (χ1v) is 7.96. The molecule has 2 rings (SSSR count). The largest absolute Gasteiger partial charge is 0.384 e. The Bertz CT molecular complexity index is 521. The summed E-state index contributed by atoms with van der Waals surface area (Å²) in [4.78, 5) is 27.7. The number of primary amides is 1. The number of carbonyl (C=O) groups excluding carboxylic acids is 2. The van der Waals surface area contributed by atoms with Gasteiger partial charge in [-0.25, -0.2) is 0 Å². The van der Waals surface area contributed by atoms with E-state index in [0.717, 1.165) is 19.5 Å². The van der Waals surface area contributed by atoms with Crippen LogP contribution in [-0.2, 0) is 20.7 Å². The molecule has 0 bridgehead atoms. The minimum Gasteiger partial charge on any atom is -0.384 e. The van der Waals surface area contributed by atoms with E-state index in [1.807, 2.05) is 18.2 Å².